The summed E-state index contributed by atoms with van der Waals surface area (Å²) in [5.74, 6) is -1.86. The highest BCUT2D eigenvalue weighted by Gasteiger charge is 2.20. The van der Waals surface area contributed by atoms with Crippen molar-refractivity contribution in [2.45, 2.75) is 18.9 Å². The topological polar surface area (TPSA) is 134 Å². The van der Waals surface area contributed by atoms with Gasteiger partial charge in [0.15, 0.2) is 0 Å². The van der Waals surface area contributed by atoms with Crippen molar-refractivity contribution >= 4 is 23.6 Å². The Morgan fingerprint density at radius 2 is 2.16 bits per heavy atom. The molecular formula is C11H14N4O4. The minimum Gasteiger partial charge on any atom is -0.480 e. The van der Waals surface area contributed by atoms with Crippen LogP contribution in [0, 0.1) is 0 Å². The van der Waals surface area contributed by atoms with E-state index in [1.807, 2.05) is 0 Å². The number of nitrogens with zero attached hydrogens (tertiary/aromatic N) is 1. The van der Waals surface area contributed by atoms with Gasteiger partial charge < -0.3 is 21.5 Å². The van der Waals surface area contributed by atoms with E-state index < -0.39 is 23.9 Å². The Labute approximate surface area is 109 Å². The second-order valence-corrected chi connectivity index (χ2v) is 3.74. The molecule has 19 heavy (non-hydrogen) atoms. The van der Waals surface area contributed by atoms with E-state index in [1.165, 1.54) is 12.4 Å². The van der Waals surface area contributed by atoms with Crippen LogP contribution in [-0.2, 0) is 9.59 Å². The fraction of sp³-hybridized carbons (Fsp3) is 0.273. The maximum Gasteiger partial charge on any atom is 0.326 e. The van der Waals surface area contributed by atoms with Crippen molar-refractivity contribution in [2.75, 3.05) is 5.32 Å². The summed E-state index contributed by atoms with van der Waals surface area (Å²) in [7, 11) is 0. The van der Waals surface area contributed by atoms with Gasteiger partial charge in [-0.15, -0.1) is 0 Å². The zero-order valence-electron chi connectivity index (χ0n) is 10.00. The first-order chi connectivity index (χ1) is 8.99. The molecule has 1 unspecified atom stereocenters. The lowest BCUT2D eigenvalue weighted by molar-refractivity contribution is -0.139. The molecule has 0 aliphatic heterocycles. The Hall–Kier alpha value is -2.64. The fourth-order valence-corrected chi connectivity index (χ4v) is 1.31. The Morgan fingerprint density at radius 1 is 1.42 bits per heavy atom. The van der Waals surface area contributed by atoms with Gasteiger partial charge in [0.2, 0.25) is 5.91 Å². The maximum atomic E-state index is 11.5. The van der Waals surface area contributed by atoms with Crippen LogP contribution in [0.5, 0.6) is 0 Å². The number of rotatable bonds is 6. The molecule has 8 nitrogen and oxygen atoms in total. The van der Waals surface area contributed by atoms with E-state index in [0.29, 0.717) is 5.69 Å². The Kier molecular flexibility index (Phi) is 5.27. The van der Waals surface area contributed by atoms with Crippen molar-refractivity contribution in [3.8, 4) is 0 Å². The van der Waals surface area contributed by atoms with Gasteiger partial charge in [-0.25, -0.2) is 9.59 Å². The molecule has 0 bridgehead atoms. The molecule has 0 spiro atoms. The third-order valence-corrected chi connectivity index (χ3v) is 2.20. The van der Waals surface area contributed by atoms with Crippen molar-refractivity contribution < 1.29 is 19.5 Å². The molecule has 0 aromatic carbocycles. The lowest BCUT2D eigenvalue weighted by Crippen LogP contribution is -2.43. The largest absolute Gasteiger partial charge is 0.480 e. The van der Waals surface area contributed by atoms with Crippen LogP contribution in [-0.4, -0.2) is 34.0 Å². The molecule has 1 heterocycles. The van der Waals surface area contributed by atoms with Gasteiger partial charge in [-0.05, 0) is 18.6 Å². The highest BCUT2D eigenvalue weighted by Crippen LogP contribution is 2.03. The van der Waals surface area contributed by atoms with Crippen LogP contribution in [0.1, 0.15) is 12.8 Å². The van der Waals surface area contributed by atoms with Crippen molar-refractivity contribution in [3.05, 3.63) is 24.5 Å². The lowest BCUT2D eigenvalue weighted by Gasteiger charge is -2.14. The van der Waals surface area contributed by atoms with Gasteiger partial charge in [-0.1, -0.05) is 0 Å². The first kappa shape index (κ1) is 14.4. The van der Waals surface area contributed by atoms with Crippen LogP contribution in [0.2, 0.25) is 0 Å². The molecule has 0 saturated heterocycles. The lowest BCUT2D eigenvalue weighted by atomic mass is 10.1. The SMILES string of the molecule is NC(=O)CCC(NC(=O)Nc1cccnc1)C(=O)O. The smallest absolute Gasteiger partial charge is 0.326 e. The van der Waals surface area contributed by atoms with E-state index in [9.17, 15) is 14.4 Å². The van der Waals surface area contributed by atoms with Crippen molar-refractivity contribution in [3.63, 3.8) is 0 Å². The minimum absolute atomic E-state index is 0.0644. The van der Waals surface area contributed by atoms with Crippen molar-refractivity contribution in [2.24, 2.45) is 5.73 Å². The highest BCUT2D eigenvalue weighted by atomic mass is 16.4. The molecule has 0 aliphatic carbocycles. The Balaban J connectivity index is 2.52. The normalized spacial score (nSPS) is 11.4. The number of carbonyl (C=O) groups is 3. The molecule has 1 atom stereocenters. The Morgan fingerprint density at radius 3 is 2.68 bits per heavy atom. The molecule has 102 valence electrons. The molecule has 0 saturated carbocycles. The highest BCUT2D eigenvalue weighted by molar-refractivity contribution is 5.92. The van der Waals surface area contributed by atoms with Crippen LogP contribution >= 0.6 is 0 Å². The summed E-state index contributed by atoms with van der Waals surface area (Å²) < 4.78 is 0. The van der Waals surface area contributed by atoms with E-state index in [4.69, 9.17) is 10.8 Å². The van der Waals surface area contributed by atoms with Gasteiger partial charge in [-0.2, -0.15) is 0 Å². The maximum absolute atomic E-state index is 11.5. The number of carboxylic acid groups (broad SMARTS) is 1. The van der Waals surface area contributed by atoms with Crippen LogP contribution in [0.3, 0.4) is 0 Å². The molecule has 1 aromatic heterocycles. The van der Waals surface area contributed by atoms with E-state index in [2.05, 4.69) is 15.6 Å². The molecule has 1 rings (SSSR count). The number of pyridine rings is 1. The number of amides is 3. The summed E-state index contributed by atoms with van der Waals surface area (Å²) in [6, 6.07) is 1.36. The number of primary amides is 1. The predicted molar refractivity (Wildman–Crippen MR) is 66.2 cm³/mol. The first-order valence-electron chi connectivity index (χ1n) is 5.47. The number of hydrogen-bond donors (Lipinski definition) is 4. The number of anilines is 1. The van der Waals surface area contributed by atoms with Crippen LogP contribution < -0.4 is 16.4 Å². The number of urea groups is 1. The number of nitrogens with one attached hydrogen (secondary N) is 2. The minimum atomic E-state index is -1.23. The third-order valence-electron chi connectivity index (χ3n) is 2.20. The molecule has 1 aromatic rings. The summed E-state index contributed by atoms with van der Waals surface area (Å²) in [6.07, 6.45) is 2.77. The summed E-state index contributed by atoms with van der Waals surface area (Å²) >= 11 is 0. The number of aromatic nitrogens is 1. The van der Waals surface area contributed by atoms with Gasteiger partial charge in [0.1, 0.15) is 6.04 Å². The summed E-state index contributed by atoms with van der Waals surface area (Å²) in [5, 5.41) is 13.6. The molecule has 0 aliphatic rings. The average molecular weight is 266 g/mol. The number of hydrogen-bond acceptors (Lipinski definition) is 4. The number of nitrogens with two attached hydrogens (primary N) is 1. The fourth-order valence-electron chi connectivity index (χ4n) is 1.31. The second-order valence-electron chi connectivity index (χ2n) is 3.74. The van der Waals surface area contributed by atoms with E-state index in [-0.39, 0.29) is 12.8 Å². The van der Waals surface area contributed by atoms with Crippen molar-refractivity contribution in [1.29, 1.82) is 0 Å². The van der Waals surface area contributed by atoms with E-state index in [0.717, 1.165) is 0 Å². The van der Waals surface area contributed by atoms with Gasteiger partial charge in [0.25, 0.3) is 0 Å². The number of carboxylic acids is 1. The molecule has 0 fully saturated rings. The zero-order valence-corrected chi connectivity index (χ0v) is 10.00. The third kappa shape index (κ3) is 5.48. The van der Waals surface area contributed by atoms with Crippen LogP contribution in [0.15, 0.2) is 24.5 Å². The van der Waals surface area contributed by atoms with Crippen molar-refractivity contribution in [1.82, 2.24) is 10.3 Å². The van der Waals surface area contributed by atoms with Gasteiger partial charge in [-0.3, -0.25) is 9.78 Å². The first-order valence-corrected chi connectivity index (χ1v) is 5.47. The number of carbonyl (C=O) groups excluding carboxylic acids is 2. The molecule has 8 heteroatoms. The summed E-state index contributed by atoms with van der Waals surface area (Å²) in [4.78, 5) is 36.8. The molecule has 0 radical (unpaired) electrons. The molecule has 5 N–H and O–H groups in total. The average Bonchev–Trinajstić information content (AvgIpc) is 2.35. The zero-order chi connectivity index (χ0) is 14.3. The van der Waals surface area contributed by atoms with Gasteiger partial charge >= 0.3 is 12.0 Å². The summed E-state index contributed by atoms with van der Waals surface area (Å²) in [6.45, 7) is 0. The number of aliphatic carboxylic acids is 1. The van der Waals surface area contributed by atoms with E-state index >= 15 is 0 Å². The van der Waals surface area contributed by atoms with E-state index in [1.54, 1.807) is 12.1 Å². The monoisotopic (exact) mass is 266 g/mol. The summed E-state index contributed by atoms with van der Waals surface area (Å²) in [5.41, 5.74) is 5.36. The van der Waals surface area contributed by atoms with Gasteiger partial charge in [0, 0.05) is 12.6 Å². The standard InChI is InChI=1S/C11H14N4O4/c12-9(16)4-3-8(10(17)18)15-11(19)14-7-2-1-5-13-6-7/h1-2,5-6,8H,3-4H2,(H2,12,16)(H,17,18)(H2,14,15,19). The quantitative estimate of drug-likeness (QED) is 0.571. The van der Waals surface area contributed by atoms with Gasteiger partial charge in [0.05, 0.1) is 11.9 Å². The van der Waals surface area contributed by atoms with Crippen LogP contribution in [0.4, 0.5) is 10.5 Å². The van der Waals surface area contributed by atoms with Crippen LogP contribution in [0.25, 0.3) is 0 Å². The second kappa shape index (κ2) is 6.94. The molecule has 3 amide bonds. The molecular weight excluding hydrogens is 252 g/mol. The Bertz CT molecular complexity index is 463. The predicted octanol–water partition coefficient (Wildman–Crippen LogP) is -0.0782.